The van der Waals surface area contributed by atoms with Crippen molar-refractivity contribution in [1.29, 1.82) is 0 Å². The fourth-order valence-corrected chi connectivity index (χ4v) is 3.88. The standard InChI is InChI=1S/C25H23NO4/c1-2-29-24(27)16-26(18-10-4-3-5-11-18)25(28)30-17-23-21-14-8-6-12-19(21)20-13-7-9-15-22(20)23/h3-15,23H,2,16-17H2,1H3. The van der Waals surface area contributed by atoms with Crippen LogP contribution in [-0.4, -0.2) is 31.8 Å². The van der Waals surface area contributed by atoms with Crippen LogP contribution in [0, 0.1) is 0 Å². The quantitative estimate of drug-likeness (QED) is 0.545. The van der Waals surface area contributed by atoms with Gasteiger partial charge in [-0.05, 0) is 41.3 Å². The Morgan fingerprint density at radius 2 is 1.37 bits per heavy atom. The lowest BCUT2D eigenvalue weighted by molar-refractivity contribution is -0.141. The zero-order chi connectivity index (χ0) is 20.9. The zero-order valence-electron chi connectivity index (χ0n) is 16.8. The molecule has 152 valence electrons. The van der Waals surface area contributed by atoms with E-state index in [2.05, 4.69) is 24.3 Å². The molecule has 3 aromatic carbocycles. The summed E-state index contributed by atoms with van der Waals surface area (Å²) in [5.41, 5.74) is 5.20. The van der Waals surface area contributed by atoms with E-state index in [9.17, 15) is 9.59 Å². The monoisotopic (exact) mass is 401 g/mol. The highest BCUT2D eigenvalue weighted by atomic mass is 16.6. The van der Waals surface area contributed by atoms with E-state index in [1.165, 1.54) is 16.0 Å². The lowest BCUT2D eigenvalue weighted by Gasteiger charge is -2.23. The average Bonchev–Trinajstić information content (AvgIpc) is 3.10. The largest absolute Gasteiger partial charge is 0.465 e. The number of amides is 1. The number of fused-ring (bicyclic) bond motifs is 3. The number of benzene rings is 3. The van der Waals surface area contributed by atoms with Crippen LogP contribution in [0.25, 0.3) is 11.1 Å². The Morgan fingerprint density at radius 3 is 1.97 bits per heavy atom. The van der Waals surface area contributed by atoms with Crippen LogP contribution in [0.3, 0.4) is 0 Å². The second-order valence-electron chi connectivity index (χ2n) is 7.03. The molecule has 0 fully saturated rings. The molecule has 0 bridgehead atoms. The van der Waals surface area contributed by atoms with E-state index in [1.54, 1.807) is 19.1 Å². The van der Waals surface area contributed by atoms with E-state index in [4.69, 9.17) is 9.47 Å². The number of carbonyl (C=O) groups excluding carboxylic acids is 2. The van der Waals surface area contributed by atoms with Crippen molar-refractivity contribution in [3.05, 3.63) is 90.0 Å². The van der Waals surface area contributed by atoms with Gasteiger partial charge >= 0.3 is 12.1 Å². The summed E-state index contributed by atoms with van der Waals surface area (Å²) in [7, 11) is 0. The van der Waals surface area contributed by atoms with Gasteiger partial charge in [0.2, 0.25) is 0 Å². The maximum absolute atomic E-state index is 13.0. The average molecular weight is 401 g/mol. The molecule has 0 atom stereocenters. The molecule has 5 nitrogen and oxygen atoms in total. The molecule has 5 heteroatoms. The highest BCUT2D eigenvalue weighted by molar-refractivity contribution is 5.93. The van der Waals surface area contributed by atoms with Gasteiger partial charge in [0.05, 0.1) is 6.61 Å². The van der Waals surface area contributed by atoms with Crippen LogP contribution in [-0.2, 0) is 14.3 Å². The van der Waals surface area contributed by atoms with Crippen molar-refractivity contribution in [3.8, 4) is 11.1 Å². The van der Waals surface area contributed by atoms with Crippen molar-refractivity contribution in [2.45, 2.75) is 12.8 Å². The van der Waals surface area contributed by atoms with Gasteiger partial charge in [-0.2, -0.15) is 0 Å². The van der Waals surface area contributed by atoms with Crippen molar-refractivity contribution in [3.63, 3.8) is 0 Å². The predicted octanol–water partition coefficient (Wildman–Crippen LogP) is 5.01. The normalized spacial score (nSPS) is 12.0. The van der Waals surface area contributed by atoms with Crippen molar-refractivity contribution < 1.29 is 19.1 Å². The molecular weight excluding hydrogens is 378 g/mol. The first-order chi connectivity index (χ1) is 14.7. The van der Waals surface area contributed by atoms with Crippen molar-refractivity contribution in [1.82, 2.24) is 0 Å². The van der Waals surface area contributed by atoms with Gasteiger partial charge in [-0.3, -0.25) is 9.69 Å². The van der Waals surface area contributed by atoms with Gasteiger partial charge in [0, 0.05) is 11.6 Å². The fraction of sp³-hybridized carbons (Fsp3) is 0.200. The lowest BCUT2D eigenvalue weighted by atomic mass is 9.98. The molecule has 1 amide bonds. The third kappa shape index (κ3) is 3.92. The molecule has 0 aliphatic heterocycles. The van der Waals surface area contributed by atoms with Crippen molar-refractivity contribution >= 4 is 17.7 Å². The van der Waals surface area contributed by atoms with Gasteiger partial charge in [0.25, 0.3) is 0 Å². The Bertz CT molecular complexity index is 1000. The Balaban J connectivity index is 1.54. The van der Waals surface area contributed by atoms with Crippen molar-refractivity contribution in [2.24, 2.45) is 0 Å². The van der Waals surface area contributed by atoms with Gasteiger partial charge in [-0.1, -0.05) is 66.7 Å². The highest BCUT2D eigenvalue weighted by Crippen LogP contribution is 2.44. The van der Waals surface area contributed by atoms with Crippen LogP contribution < -0.4 is 4.90 Å². The molecule has 1 aliphatic rings. The first-order valence-corrected chi connectivity index (χ1v) is 10.0. The minimum atomic E-state index is -0.573. The number of ether oxygens (including phenoxy) is 2. The summed E-state index contributed by atoms with van der Waals surface area (Å²) < 4.78 is 10.7. The summed E-state index contributed by atoms with van der Waals surface area (Å²) >= 11 is 0. The first-order valence-electron chi connectivity index (χ1n) is 10.0. The third-order valence-electron chi connectivity index (χ3n) is 5.22. The summed E-state index contributed by atoms with van der Waals surface area (Å²) in [6, 6.07) is 25.3. The summed E-state index contributed by atoms with van der Waals surface area (Å²) in [5.74, 6) is -0.517. The molecule has 4 rings (SSSR count). The van der Waals surface area contributed by atoms with Crippen LogP contribution in [0.4, 0.5) is 10.5 Å². The molecular formula is C25H23NO4. The number of para-hydroxylation sites is 1. The molecule has 1 aliphatic carbocycles. The maximum Gasteiger partial charge on any atom is 0.414 e. The van der Waals surface area contributed by atoms with E-state index < -0.39 is 12.1 Å². The fourth-order valence-electron chi connectivity index (χ4n) is 3.88. The summed E-state index contributed by atoms with van der Waals surface area (Å²) in [5, 5.41) is 0. The van der Waals surface area contributed by atoms with E-state index >= 15 is 0 Å². The topological polar surface area (TPSA) is 55.8 Å². The third-order valence-corrected chi connectivity index (χ3v) is 5.22. The van der Waals surface area contributed by atoms with Gasteiger partial charge in [-0.25, -0.2) is 4.79 Å². The highest BCUT2D eigenvalue weighted by Gasteiger charge is 2.30. The Morgan fingerprint density at radius 1 is 0.800 bits per heavy atom. The molecule has 0 N–H and O–H groups in total. The minimum absolute atomic E-state index is 0.0402. The van der Waals surface area contributed by atoms with Crippen LogP contribution in [0.15, 0.2) is 78.9 Å². The second-order valence-corrected chi connectivity index (χ2v) is 7.03. The molecule has 3 aromatic rings. The van der Waals surface area contributed by atoms with Crippen LogP contribution in [0.5, 0.6) is 0 Å². The molecule has 30 heavy (non-hydrogen) atoms. The SMILES string of the molecule is CCOC(=O)CN(C(=O)OCC1c2ccccc2-c2ccccc21)c1ccccc1. The van der Waals surface area contributed by atoms with Crippen LogP contribution >= 0.6 is 0 Å². The second kappa shape index (κ2) is 8.82. The maximum atomic E-state index is 13.0. The molecule has 0 radical (unpaired) electrons. The molecule has 0 spiro atoms. The summed E-state index contributed by atoms with van der Waals surface area (Å²) in [4.78, 5) is 26.3. The van der Waals surface area contributed by atoms with E-state index in [1.807, 2.05) is 42.5 Å². The van der Waals surface area contributed by atoms with Gasteiger partial charge in [0.15, 0.2) is 0 Å². The predicted molar refractivity (Wildman–Crippen MR) is 115 cm³/mol. The number of carbonyl (C=O) groups is 2. The number of hydrogen-bond acceptors (Lipinski definition) is 4. The van der Waals surface area contributed by atoms with E-state index in [0.29, 0.717) is 5.69 Å². The van der Waals surface area contributed by atoms with Crippen molar-refractivity contribution in [2.75, 3.05) is 24.7 Å². The van der Waals surface area contributed by atoms with Crippen LogP contribution in [0.2, 0.25) is 0 Å². The Labute approximate surface area is 175 Å². The minimum Gasteiger partial charge on any atom is -0.465 e. The van der Waals surface area contributed by atoms with Gasteiger partial charge in [-0.15, -0.1) is 0 Å². The van der Waals surface area contributed by atoms with E-state index in [-0.39, 0.29) is 25.7 Å². The lowest BCUT2D eigenvalue weighted by Crippen LogP contribution is -2.37. The van der Waals surface area contributed by atoms with Gasteiger partial charge < -0.3 is 9.47 Å². The smallest absolute Gasteiger partial charge is 0.414 e. The molecule has 0 saturated heterocycles. The Hall–Kier alpha value is -3.60. The number of nitrogens with zero attached hydrogens (tertiary/aromatic N) is 1. The number of esters is 1. The first kappa shape index (κ1) is 19.7. The van der Waals surface area contributed by atoms with E-state index in [0.717, 1.165) is 11.1 Å². The summed E-state index contributed by atoms with van der Waals surface area (Å²) in [6.07, 6.45) is -0.573. The summed E-state index contributed by atoms with van der Waals surface area (Å²) in [6.45, 7) is 1.98. The molecule has 0 aromatic heterocycles. The number of anilines is 1. The molecule has 0 heterocycles. The molecule has 0 unspecified atom stereocenters. The Kier molecular flexibility index (Phi) is 5.80. The number of hydrogen-bond donors (Lipinski definition) is 0. The molecule has 0 saturated carbocycles. The zero-order valence-corrected chi connectivity index (χ0v) is 16.8. The van der Waals surface area contributed by atoms with Crippen LogP contribution in [0.1, 0.15) is 24.0 Å². The number of rotatable bonds is 6. The van der Waals surface area contributed by atoms with Gasteiger partial charge in [0.1, 0.15) is 13.2 Å².